The monoisotopic (exact) mass is 417 g/mol. The highest BCUT2D eigenvalue weighted by atomic mass is 31.1. The molecule has 0 heterocycles. The van der Waals surface area contributed by atoms with Crippen LogP contribution in [0.1, 0.15) is 137 Å². The third-order valence-electron chi connectivity index (χ3n) is 6.42. The molecule has 0 fully saturated rings. The van der Waals surface area contributed by atoms with Crippen molar-refractivity contribution in [2.75, 3.05) is 0 Å². The highest BCUT2D eigenvalue weighted by molar-refractivity contribution is 7.32. The molecular formula is C24H50O3P+. The lowest BCUT2D eigenvalue weighted by Crippen LogP contribution is -2.36. The Bertz CT molecular complexity index is 355. The van der Waals surface area contributed by atoms with Gasteiger partial charge in [-0.15, -0.1) is 9.42 Å². The van der Waals surface area contributed by atoms with Crippen LogP contribution in [-0.4, -0.2) is 10.5 Å². The van der Waals surface area contributed by atoms with Crippen LogP contribution in [0.15, 0.2) is 0 Å². The minimum atomic E-state index is -2.56. The summed E-state index contributed by atoms with van der Waals surface area (Å²) in [6.45, 7) is 11.3. The Kier molecular flexibility index (Phi) is 17.9. The summed E-state index contributed by atoms with van der Waals surface area (Å²) >= 11 is 0. The fourth-order valence-corrected chi connectivity index (χ4v) is 5.13. The van der Waals surface area contributed by atoms with Crippen LogP contribution in [0.25, 0.3) is 0 Å². The van der Waals surface area contributed by atoms with E-state index in [0.29, 0.717) is 11.8 Å². The van der Waals surface area contributed by atoms with Crippen molar-refractivity contribution in [3.8, 4) is 0 Å². The molecule has 0 radical (unpaired) electrons. The molecule has 0 aliphatic carbocycles. The Hall–Kier alpha value is 0.0200. The minimum absolute atomic E-state index is 0.419. The van der Waals surface area contributed by atoms with Crippen LogP contribution in [0, 0.1) is 11.8 Å². The van der Waals surface area contributed by atoms with Crippen molar-refractivity contribution >= 4 is 8.25 Å². The standard InChI is InChI=1S/C24H49O3P/c1-6-11-14-15-16-19-24(27-28(25)26,20-22(9-4)17-12-7-2)21-23(10-5)18-13-8-3/h22-23H,6-21H2,1-5H3/p+1. The lowest BCUT2D eigenvalue weighted by molar-refractivity contribution is 0.00194. The molecule has 3 nitrogen and oxygen atoms in total. The van der Waals surface area contributed by atoms with Gasteiger partial charge in [0.15, 0.2) is 0 Å². The van der Waals surface area contributed by atoms with Crippen LogP contribution < -0.4 is 0 Å². The van der Waals surface area contributed by atoms with Gasteiger partial charge in [-0.1, -0.05) is 118 Å². The van der Waals surface area contributed by atoms with E-state index in [1.54, 1.807) is 0 Å². The van der Waals surface area contributed by atoms with Gasteiger partial charge in [0.1, 0.15) is 5.60 Å². The Morgan fingerprint density at radius 1 is 0.750 bits per heavy atom. The first-order valence-electron chi connectivity index (χ1n) is 12.3. The van der Waals surface area contributed by atoms with Crippen molar-refractivity contribution in [2.24, 2.45) is 11.8 Å². The molecule has 0 saturated carbocycles. The summed E-state index contributed by atoms with van der Waals surface area (Å²) < 4.78 is 17.8. The van der Waals surface area contributed by atoms with Crippen molar-refractivity contribution in [3.05, 3.63) is 0 Å². The highest BCUT2D eigenvalue weighted by Crippen LogP contribution is 2.43. The zero-order chi connectivity index (χ0) is 21.3. The molecule has 1 N–H and O–H groups in total. The third kappa shape index (κ3) is 13.3. The van der Waals surface area contributed by atoms with E-state index in [2.05, 4.69) is 34.6 Å². The van der Waals surface area contributed by atoms with Crippen LogP contribution in [0.5, 0.6) is 0 Å². The number of hydrogen-bond donors (Lipinski definition) is 1. The quantitative estimate of drug-likeness (QED) is 0.159. The van der Waals surface area contributed by atoms with Gasteiger partial charge in [0, 0.05) is 4.57 Å². The van der Waals surface area contributed by atoms with E-state index < -0.39 is 13.9 Å². The molecule has 0 spiro atoms. The molecule has 0 rings (SSSR count). The number of rotatable bonds is 20. The van der Waals surface area contributed by atoms with E-state index in [1.807, 2.05) is 0 Å². The molecule has 3 atom stereocenters. The van der Waals surface area contributed by atoms with Gasteiger partial charge in [-0.2, -0.15) is 0 Å². The fraction of sp³-hybridized carbons (Fsp3) is 1.00. The van der Waals surface area contributed by atoms with Gasteiger partial charge < -0.3 is 0 Å². The van der Waals surface area contributed by atoms with Crippen LogP contribution >= 0.6 is 8.25 Å². The lowest BCUT2D eigenvalue weighted by atomic mass is 9.76. The van der Waals surface area contributed by atoms with Crippen molar-refractivity contribution in [1.29, 1.82) is 0 Å². The average Bonchev–Trinajstić information content (AvgIpc) is 2.67. The van der Waals surface area contributed by atoms with E-state index >= 15 is 0 Å². The van der Waals surface area contributed by atoms with Crippen molar-refractivity contribution in [1.82, 2.24) is 0 Å². The van der Waals surface area contributed by atoms with Gasteiger partial charge in [-0.3, -0.25) is 0 Å². The lowest BCUT2D eigenvalue weighted by Gasteiger charge is -2.34. The zero-order valence-corrected chi connectivity index (χ0v) is 20.6. The highest BCUT2D eigenvalue weighted by Gasteiger charge is 2.42. The van der Waals surface area contributed by atoms with Gasteiger partial charge in [0.2, 0.25) is 0 Å². The first kappa shape index (κ1) is 28.0. The molecule has 0 aromatic carbocycles. The molecular weight excluding hydrogens is 367 g/mol. The molecule has 0 amide bonds. The minimum Gasteiger partial charge on any atom is -0.133 e. The second-order valence-electron chi connectivity index (χ2n) is 8.92. The number of unbranched alkanes of at least 4 members (excludes halogenated alkanes) is 6. The summed E-state index contributed by atoms with van der Waals surface area (Å²) in [6, 6.07) is 0. The molecule has 0 aromatic heterocycles. The maximum atomic E-state index is 11.8. The smallest absolute Gasteiger partial charge is 0.133 e. The molecule has 0 aliphatic heterocycles. The van der Waals surface area contributed by atoms with Crippen molar-refractivity contribution < 1.29 is 14.0 Å². The largest absolute Gasteiger partial charge is 0.695 e. The van der Waals surface area contributed by atoms with Crippen molar-refractivity contribution in [2.45, 2.75) is 143 Å². The van der Waals surface area contributed by atoms with Crippen LogP contribution in [0.2, 0.25) is 0 Å². The molecule has 28 heavy (non-hydrogen) atoms. The second-order valence-corrected chi connectivity index (χ2v) is 9.58. The van der Waals surface area contributed by atoms with Gasteiger partial charge >= 0.3 is 8.25 Å². The summed E-state index contributed by atoms with van der Waals surface area (Å²) in [5.41, 5.74) is -0.419. The average molecular weight is 418 g/mol. The predicted molar refractivity (Wildman–Crippen MR) is 123 cm³/mol. The maximum absolute atomic E-state index is 11.8. The van der Waals surface area contributed by atoms with Crippen LogP contribution in [-0.2, 0) is 9.09 Å². The Balaban J connectivity index is 5.34. The van der Waals surface area contributed by atoms with E-state index in [9.17, 15) is 9.46 Å². The molecule has 0 bridgehead atoms. The molecule has 0 aromatic rings. The van der Waals surface area contributed by atoms with Crippen LogP contribution in [0.4, 0.5) is 0 Å². The molecule has 4 heteroatoms. The van der Waals surface area contributed by atoms with E-state index in [0.717, 1.165) is 38.5 Å². The van der Waals surface area contributed by atoms with Gasteiger partial charge in [0.05, 0.1) is 0 Å². The molecule has 168 valence electrons. The molecule has 0 aliphatic rings. The summed E-state index contributed by atoms with van der Waals surface area (Å²) in [5, 5.41) is 0. The number of hydrogen-bond acceptors (Lipinski definition) is 2. The Morgan fingerprint density at radius 3 is 1.61 bits per heavy atom. The normalized spacial score (nSPS) is 16.6. The second kappa shape index (κ2) is 17.8. The zero-order valence-electron chi connectivity index (χ0n) is 19.7. The summed E-state index contributed by atoms with van der Waals surface area (Å²) in [4.78, 5) is 9.74. The summed E-state index contributed by atoms with van der Waals surface area (Å²) in [7, 11) is -2.56. The third-order valence-corrected chi connectivity index (χ3v) is 6.96. The van der Waals surface area contributed by atoms with Gasteiger partial charge in [-0.05, 0) is 31.1 Å². The first-order chi connectivity index (χ1) is 13.5. The molecule has 3 unspecified atom stereocenters. The van der Waals surface area contributed by atoms with E-state index in [4.69, 9.17) is 4.52 Å². The first-order valence-corrected chi connectivity index (χ1v) is 13.4. The SMILES string of the molecule is CCCCCCCC(CC(CC)CCCC)(CC(CC)CCCC)O[P+](=O)O. The summed E-state index contributed by atoms with van der Waals surface area (Å²) in [5.74, 6) is 1.18. The Labute approximate surface area is 177 Å². The topological polar surface area (TPSA) is 46.5 Å². The maximum Gasteiger partial charge on any atom is 0.695 e. The predicted octanol–water partition coefficient (Wildman–Crippen LogP) is 8.96. The summed E-state index contributed by atoms with van der Waals surface area (Å²) in [6.07, 6.45) is 18.5. The van der Waals surface area contributed by atoms with E-state index in [1.165, 1.54) is 64.2 Å². The van der Waals surface area contributed by atoms with Crippen molar-refractivity contribution in [3.63, 3.8) is 0 Å². The molecule has 0 saturated heterocycles. The van der Waals surface area contributed by atoms with E-state index in [-0.39, 0.29) is 0 Å². The Morgan fingerprint density at radius 2 is 1.21 bits per heavy atom. The van der Waals surface area contributed by atoms with Gasteiger partial charge in [0.25, 0.3) is 0 Å². The van der Waals surface area contributed by atoms with Gasteiger partial charge in [-0.25, -0.2) is 0 Å². The fourth-order valence-electron chi connectivity index (χ4n) is 4.56. The van der Waals surface area contributed by atoms with Crippen LogP contribution in [0.3, 0.4) is 0 Å².